The molecule has 0 saturated heterocycles. The summed E-state index contributed by atoms with van der Waals surface area (Å²) in [7, 11) is 3.53. The van der Waals surface area contributed by atoms with Gasteiger partial charge in [-0.05, 0) is 30.3 Å². The van der Waals surface area contributed by atoms with Gasteiger partial charge in [0, 0.05) is 33.8 Å². The molecule has 0 bridgehead atoms. The Bertz CT molecular complexity index is 1120. The van der Waals surface area contributed by atoms with Crippen molar-refractivity contribution in [3.8, 4) is 17.1 Å². The number of benzene rings is 2. The van der Waals surface area contributed by atoms with Gasteiger partial charge in [-0.3, -0.25) is 4.79 Å². The molecule has 2 heterocycles. The number of rotatable bonds is 6. The Morgan fingerprint density at radius 2 is 1.96 bits per heavy atom. The zero-order chi connectivity index (χ0) is 19.5. The second kappa shape index (κ2) is 8.04. The SMILES string of the molecule is COc1ccc(NC(=O)CSc2nnc(-c3csc4ccccc34)n2C)cc1. The number of methoxy groups -OCH3 is 1. The van der Waals surface area contributed by atoms with Crippen LogP contribution in [0.25, 0.3) is 21.5 Å². The fourth-order valence-electron chi connectivity index (χ4n) is 2.83. The highest BCUT2D eigenvalue weighted by Crippen LogP contribution is 2.33. The standard InChI is InChI=1S/C20H18N4O2S2/c1-24-19(16-11-27-17-6-4-3-5-15(16)17)22-23-20(24)28-12-18(25)21-13-7-9-14(26-2)10-8-13/h3-11H,12H2,1-2H3,(H,21,25). The lowest BCUT2D eigenvalue weighted by atomic mass is 10.2. The van der Waals surface area contributed by atoms with Crippen LogP contribution < -0.4 is 10.1 Å². The van der Waals surface area contributed by atoms with Crippen LogP contribution in [-0.4, -0.2) is 33.5 Å². The topological polar surface area (TPSA) is 69.0 Å². The van der Waals surface area contributed by atoms with Gasteiger partial charge in [0.1, 0.15) is 5.75 Å². The van der Waals surface area contributed by atoms with Crippen molar-refractivity contribution in [2.24, 2.45) is 7.05 Å². The summed E-state index contributed by atoms with van der Waals surface area (Å²) in [6.07, 6.45) is 0. The van der Waals surface area contributed by atoms with Crippen molar-refractivity contribution in [3.05, 3.63) is 53.9 Å². The van der Waals surface area contributed by atoms with Crippen molar-refractivity contribution in [2.75, 3.05) is 18.2 Å². The fourth-order valence-corrected chi connectivity index (χ4v) is 4.48. The molecular formula is C20H18N4O2S2. The number of carbonyl (C=O) groups excluding carboxylic acids is 1. The zero-order valence-electron chi connectivity index (χ0n) is 15.4. The maximum atomic E-state index is 12.2. The Hall–Kier alpha value is -2.84. The van der Waals surface area contributed by atoms with E-state index in [-0.39, 0.29) is 11.7 Å². The van der Waals surface area contributed by atoms with Crippen LogP contribution in [0.5, 0.6) is 5.75 Å². The molecule has 0 spiro atoms. The molecule has 0 aliphatic rings. The van der Waals surface area contributed by atoms with Crippen LogP contribution >= 0.6 is 23.1 Å². The minimum absolute atomic E-state index is 0.0966. The third-order valence-corrected chi connectivity index (χ3v) is 6.25. The second-order valence-electron chi connectivity index (χ2n) is 6.08. The van der Waals surface area contributed by atoms with Crippen molar-refractivity contribution in [1.82, 2.24) is 14.8 Å². The first-order chi connectivity index (χ1) is 13.7. The first kappa shape index (κ1) is 18.5. The molecule has 0 radical (unpaired) electrons. The van der Waals surface area contributed by atoms with E-state index in [1.807, 2.05) is 48.0 Å². The van der Waals surface area contributed by atoms with Crippen molar-refractivity contribution in [3.63, 3.8) is 0 Å². The van der Waals surface area contributed by atoms with E-state index in [1.54, 1.807) is 18.4 Å². The molecule has 0 atom stereocenters. The molecule has 28 heavy (non-hydrogen) atoms. The van der Waals surface area contributed by atoms with E-state index in [9.17, 15) is 4.79 Å². The predicted molar refractivity (Wildman–Crippen MR) is 114 cm³/mol. The van der Waals surface area contributed by atoms with Crippen molar-refractivity contribution in [2.45, 2.75) is 5.16 Å². The summed E-state index contributed by atoms with van der Waals surface area (Å²) in [5, 5.41) is 15.4. The molecule has 0 aliphatic carbocycles. The zero-order valence-corrected chi connectivity index (χ0v) is 17.0. The number of thiophene rings is 1. The Morgan fingerprint density at radius 1 is 1.18 bits per heavy atom. The van der Waals surface area contributed by atoms with Gasteiger partial charge in [0.15, 0.2) is 11.0 Å². The first-order valence-corrected chi connectivity index (χ1v) is 10.4. The highest BCUT2D eigenvalue weighted by molar-refractivity contribution is 7.99. The van der Waals surface area contributed by atoms with E-state index in [2.05, 4.69) is 33.0 Å². The molecular weight excluding hydrogens is 392 g/mol. The number of ether oxygens (including phenoxy) is 1. The molecule has 0 saturated carbocycles. The molecule has 4 aromatic rings. The van der Waals surface area contributed by atoms with Gasteiger partial charge >= 0.3 is 0 Å². The normalized spacial score (nSPS) is 10.9. The lowest BCUT2D eigenvalue weighted by Gasteiger charge is -2.06. The molecule has 0 fully saturated rings. The maximum Gasteiger partial charge on any atom is 0.234 e. The van der Waals surface area contributed by atoms with E-state index < -0.39 is 0 Å². The minimum Gasteiger partial charge on any atom is -0.497 e. The molecule has 1 N–H and O–H groups in total. The second-order valence-corrected chi connectivity index (χ2v) is 7.93. The first-order valence-electron chi connectivity index (χ1n) is 8.58. The molecule has 0 aliphatic heterocycles. The summed E-state index contributed by atoms with van der Waals surface area (Å²) >= 11 is 3.05. The van der Waals surface area contributed by atoms with Crippen LogP contribution in [0.1, 0.15) is 0 Å². The van der Waals surface area contributed by atoms with Gasteiger partial charge in [-0.15, -0.1) is 21.5 Å². The summed E-state index contributed by atoms with van der Waals surface area (Å²) in [4.78, 5) is 12.2. The number of aromatic nitrogens is 3. The smallest absolute Gasteiger partial charge is 0.234 e. The van der Waals surface area contributed by atoms with Crippen LogP contribution in [0.3, 0.4) is 0 Å². The van der Waals surface area contributed by atoms with Crippen LogP contribution in [0, 0.1) is 0 Å². The molecule has 2 aromatic heterocycles. The number of nitrogens with one attached hydrogen (secondary N) is 1. The van der Waals surface area contributed by atoms with Crippen molar-refractivity contribution in [1.29, 1.82) is 0 Å². The maximum absolute atomic E-state index is 12.2. The number of amides is 1. The van der Waals surface area contributed by atoms with Crippen LogP contribution in [0.2, 0.25) is 0 Å². The molecule has 1 amide bonds. The van der Waals surface area contributed by atoms with E-state index in [0.717, 1.165) is 28.2 Å². The van der Waals surface area contributed by atoms with Gasteiger partial charge in [0.2, 0.25) is 5.91 Å². The highest BCUT2D eigenvalue weighted by atomic mass is 32.2. The van der Waals surface area contributed by atoms with Crippen LogP contribution in [-0.2, 0) is 11.8 Å². The van der Waals surface area contributed by atoms with Crippen molar-refractivity contribution >= 4 is 44.8 Å². The number of nitrogens with zero attached hydrogens (tertiary/aromatic N) is 3. The van der Waals surface area contributed by atoms with Crippen LogP contribution in [0.15, 0.2) is 59.1 Å². The minimum atomic E-state index is -0.0966. The van der Waals surface area contributed by atoms with E-state index in [4.69, 9.17) is 4.74 Å². The summed E-state index contributed by atoms with van der Waals surface area (Å²) in [5.74, 6) is 1.71. The Kier molecular flexibility index (Phi) is 5.31. The number of fused-ring (bicyclic) bond motifs is 1. The Morgan fingerprint density at radius 3 is 2.75 bits per heavy atom. The summed E-state index contributed by atoms with van der Waals surface area (Å²) < 4.78 is 8.26. The average Bonchev–Trinajstić information content (AvgIpc) is 3.30. The van der Waals surface area contributed by atoms with Gasteiger partial charge in [0.25, 0.3) is 0 Å². The quantitative estimate of drug-likeness (QED) is 0.476. The lowest BCUT2D eigenvalue weighted by Crippen LogP contribution is -2.14. The summed E-state index contributed by atoms with van der Waals surface area (Å²) in [6.45, 7) is 0. The lowest BCUT2D eigenvalue weighted by molar-refractivity contribution is -0.113. The number of hydrogen-bond donors (Lipinski definition) is 1. The van der Waals surface area contributed by atoms with Crippen LogP contribution in [0.4, 0.5) is 5.69 Å². The third kappa shape index (κ3) is 3.74. The number of thioether (sulfide) groups is 1. The highest BCUT2D eigenvalue weighted by Gasteiger charge is 2.16. The number of anilines is 1. The van der Waals surface area contributed by atoms with Gasteiger partial charge in [-0.25, -0.2) is 0 Å². The van der Waals surface area contributed by atoms with E-state index in [0.29, 0.717) is 5.16 Å². The van der Waals surface area contributed by atoms with Gasteiger partial charge < -0.3 is 14.6 Å². The summed E-state index contributed by atoms with van der Waals surface area (Å²) in [6, 6.07) is 15.5. The number of hydrogen-bond acceptors (Lipinski definition) is 6. The summed E-state index contributed by atoms with van der Waals surface area (Å²) in [5.41, 5.74) is 1.79. The number of carbonyl (C=O) groups is 1. The van der Waals surface area contributed by atoms with Crippen molar-refractivity contribution < 1.29 is 9.53 Å². The average molecular weight is 411 g/mol. The van der Waals surface area contributed by atoms with E-state index in [1.165, 1.54) is 16.5 Å². The molecule has 6 nitrogen and oxygen atoms in total. The molecule has 0 unspecified atom stereocenters. The molecule has 2 aromatic carbocycles. The largest absolute Gasteiger partial charge is 0.497 e. The molecule has 8 heteroatoms. The third-order valence-electron chi connectivity index (χ3n) is 4.26. The van der Waals surface area contributed by atoms with Gasteiger partial charge in [-0.1, -0.05) is 30.0 Å². The molecule has 4 rings (SSSR count). The molecule has 142 valence electrons. The van der Waals surface area contributed by atoms with Gasteiger partial charge in [-0.2, -0.15) is 0 Å². The predicted octanol–water partition coefficient (Wildman–Crippen LogP) is 4.44. The monoisotopic (exact) mass is 410 g/mol. The van der Waals surface area contributed by atoms with E-state index >= 15 is 0 Å². The Labute approximate surface area is 170 Å². The Balaban J connectivity index is 1.44. The van der Waals surface area contributed by atoms with Gasteiger partial charge in [0.05, 0.1) is 12.9 Å². The fraction of sp³-hybridized carbons (Fsp3) is 0.150.